The van der Waals surface area contributed by atoms with Crippen molar-refractivity contribution in [2.24, 2.45) is 0 Å². The molecule has 0 saturated heterocycles. The summed E-state index contributed by atoms with van der Waals surface area (Å²) in [5.41, 5.74) is 1.45. The van der Waals surface area contributed by atoms with Crippen molar-refractivity contribution in [1.82, 2.24) is 9.78 Å². The molecule has 0 bridgehead atoms. The zero-order chi connectivity index (χ0) is 24.2. The number of anilines is 1. The molecule has 9 nitrogen and oxygen atoms in total. The van der Waals surface area contributed by atoms with E-state index in [1.165, 1.54) is 18.2 Å². The SMILES string of the molecule is Cc1ccc(OCc2ccc(C(=O)Nc3nn(Cc4ccccc4Cl)cc3Cl)o2)c([N+](=O)[O-])c1. The van der Waals surface area contributed by atoms with Crippen LogP contribution in [0.2, 0.25) is 10.0 Å². The van der Waals surface area contributed by atoms with E-state index in [4.69, 9.17) is 32.4 Å². The molecule has 2 aromatic carbocycles. The third kappa shape index (κ3) is 5.38. The maximum atomic E-state index is 12.6. The van der Waals surface area contributed by atoms with Crippen LogP contribution in [-0.2, 0) is 13.2 Å². The molecule has 0 spiro atoms. The van der Waals surface area contributed by atoms with Crippen LogP contribution in [0.1, 0.15) is 27.4 Å². The van der Waals surface area contributed by atoms with Gasteiger partial charge in [0.25, 0.3) is 5.91 Å². The van der Waals surface area contributed by atoms with Gasteiger partial charge in [-0.05, 0) is 42.3 Å². The van der Waals surface area contributed by atoms with Crippen LogP contribution in [0.15, 0.2) is 65.2 Å². The van der Waals surface area contributed by atoms with Crippen molar-refractivity contribution >= 4 is 40.6 Å². The van der Waals surface area contributed by atoms with Crippen LogP contribution < -0.4 is 10.1 Å². The monoisotopic (exact) mass is 500 g/mol. The van der Waals surface area contributed by atoms with Gasteiger partial charge in [0.15, 0.2) is 17.3 Å². The summed E-state index contributed by atoms with van der Waals surface area (Å²) in [6, 6.07) is 15.0. The predicted molar refractivity (Wildman–Crippen MR) is 127 cm³/mol. The zero-order valence-corrected chi connectivity index (χ0v) is 19.3. The van der Waals surface area contributed by atoms with Crippen LogP contribution in [0.25, 0.3) is 0 Å². The largest absolute Gasteiger partial charge is 0.479 e. The van der Waals surface area contributed by atoms with Crippen LogP contribution in [0.3, 0.4) is 0 Å². The van der Waals surface area contributed by atoms with Crippen LogP contribution >= 0.6 is 23.2 Å². The van der Waals surface area contributed by atoms with Crippen LogP contribution in [-0.4, -0.2) is 20.6 Å². The van der Waals surface area contributed by atoms with Crippen molar-refractivity contribution in [2.75, 3.05) is 5.32 Å². The van der Waals surface area contributed by atoms with E-state index in [0.717, 1.165) is 11.1 Å². The minimum atomic E-state index is -0.558. The van der Waals surface area contributed by atoms with Crippen molar-refractivity contribution in [2.45, 2.75) is 20.1 Å². The van der Waals surface area contributed by atoms with E-state index < -0.39 is 10.8 Å². The second-order valence-corrected chi connectivity index (χ2v) is 8.17. The van der Waals surface area contributed by atoms with Crippen LogP contribution in [0.4, 0.5) is 11.5 Å². The van der Waals surface area contributed by atoms with E-state index >= 15 is 0 Å². The molecule has 0 aliphatic rings. The molecule has 2 aromatic heterocycles. The summed E-state index contributed by atoms with van der Waals surface area (Å²) in [5.74, 6) is 0.0404. The molecule has 174 valence electrons. The summed E-state index contributed by atoms with van der Waals surface area (Å²) in [5, 5.41) is 19.0. The van der Waals surface area contributed by atoms with E-state index in [1.54, 1.807) is 36.0 Å². The Kier molecular flexibility index (Phi) is 6.85. The van der Waals surface area contributed by atoms with Gasteiger partial charge in [-0.3, -0.25) is 19.6 Å². The first-order chi connectivity index (χ1) is 16.3. The second kappa shape index (κ2) is 9.98. The quantitative estimate of drug-likeness (QED) is 0.238. The van der Waals surface area contributed by atoms with Gasteiger partial charge in [0.2, 0.25) is 0 Å². The number of aromatic nitrogens is 2. The fourth-order valence-electron chi connectivity index (χ4n) is 3.15. The molecule has 0 atom stereocenters. The minimum absolute atomic E-state index is 0.00808. The maximum Gasteiger partial charge on any atom is 0.311 e. The molecular weight excluding hydrogens is 483 g/mol. The van der Waals surface area contributed by atoms with Crippen LogP contribution in [0.5, 0.6) is 5.75 Å². The van der Waals surface area contributed by atoms with Gasteiger partial charge < -0.3 is 14.5 Å². The Hall–Kier alpha value is -3.82. The number of hydrogen-bond donors (Lipinski definition) is 1. The van der Waals surface area contributed by atoms with Gasteiger partial charge in [0, 0.05) is 17.3 Å². The van der Waals surface area contributed by atoms with Gasteiger partial charge in [-0.15, -0.1) is 0 Å². The number of rotatable bonds is 8. The predicted octanol–water partition coefficient (Wildman–Crippen LogP) is 5.88. The van der Waals surface area contributed by atoms with E-state index in [1.807, 2.05) is 18.2 Å². The summed E-state index contributed by atoms with van der Waals surface area (Å²) in [7, 11) is 0. The lowest BCUT2D eigenvalue weighted by Crippen LogP contribution is -2.12. The molecule has 0 unspecified atom stereocenters. The summed E-state index contributed by atoms with van der Waals surface area (Å²) >= 11 is 12.4. The van der Waals surface area contributed by atoms with Crippen LogP contribution in [0, 0.1) is 17.0 Å². The zero-order valence-electron chi connectivity index (χ0n) is 17.8. The van der Waals surface area contributed by atoms with E-state index in [2.05, 4.69) is 10.4 Å². The highest BCUT2D eigenvalue weighted by Gasteiger charge is 2.18. The number of carbonyl (C=O) groups is 1. The van der Waals surface area contributed by atoms with Gasteiger partial charge in [-0.25, -0.2) is 0 Å². The Balaban J connectivity index is 1.40. The maximum absolute atomic E-state index is 12.6. The van der Waals surface area contributed by atoms with Crippen molar-refractivity contribution in [3.63, 3.8) is 0 Å². The van der Waals surface area contributed by atoms with E-state index in [0.29, 0.717) is 17.3 Å². The smallest absolute Gasteiger partial charge is 0.311 e. The molecule has 2 heterocycles. The fourth-order valence-corrected chi connectivity index (χ4v) is 3.54. The number of ether oxygens (including phenoxy) is 1. The molecule has 4 rings (SSSR count). The lowest BCUT2D eigenvalue weighted by molar-refractivity contribution is -0.386. The average Bonchev–Trinajstić information content (AvgIpc) is 3.41. The highest BCUT2D eigenvalue weighted by molar-refractivity contribution is 6.33. The molecule has 0 radical (unpaired) electrons. The Morgan fingerprint density at radius 2 is 1.97 bits per heavy atom. The van der Waals surface area contributed by atoms with Gasteiger partial charge in [-0.2, -0.15) is 5.10 Å². The third-order valence-corrected chi connectivity index (χ3v) is 5.45. The number of halogens is 2. The molecule has 34 heavy (non-hydrogen) atoms. The highest BCUT2D eigenvalue weighted by Crippen LogP contribution is 2.29. The Bertz CT molecular complexity index is 1370. The summed E-state index contributed by atoms with van der Waals surface area (Å²) in [6.07, 6.45) is 1.58. The third-order valence-electron chi connectivity index (χ3n) is 4.81. The number of nitro groups is 1. The minimum Gasteiger partial charge on any atom is -0.479 e. The van der Waals surface area contributed by atoms with E-state index in [-0.39, 0.29) is 34.6 Å². The van der Waals surface area contributed by atoms with Gasteiger partial charge >= 0.3 is 5.69 Å². The van der Waals surface area contributed by atoms with Crippen molar-refractivity contribution < 1.29 is 18.9 Å². The molecule has 1 amide bonds. The van der Waals surface area contributed by atoms with Gasteiger partial charge in [-0.1, -0.05) is 47.5 Å². The number of amides is 1. The highest BCUT2D eigenvalue weighted by atomic mass is 35.5. The molecule has 0 fully saturated rings. The second-order valence-electron chi connectivity index (χ2n) is 7.35. The Labute approximate surface area is 204 Å². The number of aryl methyl sites for hydroxylation is 1. The number of carbonyl (C=O) groups excluding carboxylic acids is 1. The number of nitrogens with zero attached hydrogens (tertiary/aromatic N) is 3. The Morgan fingerprint density at radius 1 is 1.18 bits per heavy atom. The topological polar surface area (TPSA) is 112 Å². The van der Waals surface area contributed by atoms with Crippen molar-refractivity contribution in [3.05, 3.63) is 104 Å². The first-order valence-electron chi connectivity index (χ1n) is 10.0. The number of benzene rings is 2. The fraction of sp³-hybridized carbons (Fsp3) is 0.130. The molecule has 0 saturated carbocycles. The van der Waals surface area contributed by atoms with Crippen molar-refractivity contribution in [3.8, 4) is 5.75 Å². The van der Waals surface area contributed by atoms with Gasteiger partial charge in [0.1, 0.15) is 17.4 Å². The summed E-state index contributed by atoms with van der Waals surface area (Å²) in [4.78, 5) is 23.3. The molecule has 11 heteroatoms. The first-order valence-corrected chi connectivity index (χ1v) is 10.8. The molecule has 0 aliphatic carbocycles. The van der Waals surface area contributed by atoms with Gasteiger partial charge in [0.05, 0.1) is 11.5 Å². The molecule has 0 aliphatic heterocycles. The first kappa shape index (κ1) is 23.3. The molecule has 1 N–H and O–H groups in total. The summed E-state index contributed by atoms with van der Waals surface area (Å²) in [6.45, 7) is 2.04. The van der Waals surface area contributed by atoms with E-state index in [9.17, 15) is 14.9 Å². The Morgan fingerprint density at radius 3 is 2.74 bits per heavy atom. The number of nitrogens with one attached hydrogen (secondary N) is 1. The average molecular weight is 501 g/mol. The lowest BCUT2D eigenvalue weighted by atomic mass is 10.2. The summed E-state index contributed by atoms with van der Waals surface area (Å²) < 4.78 is 12.6. The van der Waals surface area contributed by atoms with Crippen molar-refractivity contribution in [1.29, 1.82) is 0 Å². The molecular formula is C23H18Cl2N4O5. The lowest BCUT2D eigenvalue weighted by Gasteiger charge is -2.06. The number of nitro benzene ring substituents is 1. The standard InChI is InChI=1S/C23H18Cl2N4O5/c1-14-6-8-20(19(10-14)29(31)32)33-13-16-7-9-21(34-16)23(30)26-22-18(25)12-28(27-22)11-15-4-2-3-5-17(15)24/h2-10,12H,11,13H2,1H3,(H,26,27,30). The molecule has 4 aromatic rings. The number of furan rings is 1. The number of hydrogen-bond acceptors (Lipinski definition) is 6. The normalized spacial score (nSPS) is 10.8.